The lowest BCUT2D eigenvalue weighted by Gasteiger charge is -2.19. The summed E-state index contributed by atoms with van der Waals surface area (Å²) in [5.41, 5.74) is 1.05. The highest BCUT2D eigenvalue weighted by Gasteiger charge is 2.38. The average Bonchev–Trinajstić information content (AvgIpc) is 2.98. The Balaban J connectivity index is 2.04. The summed E-state index contributed by atoms with van der Waals surface area (Å²) >= 11 is 14.4. The maximum Gasteiger partial charge on any atom is 0.269 e. The summed E-state index contributed by atoms with van der Waals surface area (Å²) in [6.45, 7) is 6.94. The monoisotopic (exact) mass is 368 g/mol. The van der Waals surface area contributed by atoms with E-state index < -0.39 is 0 Å². The Bertz CT molecular complexity index is 717. The first-order valence-corrected chi connectivity index (χ1v) is 9.12. The molecule has 0 unspecified atom stereocenters. The third-order valence-corrected chi connectivity index (χ3v) is 6.32. The van der Waals surface area contributed by atoms with Crippen LogP contribution in [0, 0.1) is 0 Å². The van der Waals surface area contributed by atoms with E-state index in [1.54, 1.807) is 22.7 Å². The Morgan fingerprint density at radius 3 is 2.82 bits per heavy atom. The lowest BCUT2D eigenvalue weighted by molar-refractivity contribution is -0.121. The number of thiocarbonyl (C=S) groups is 1. The van der Waals surface area contributed by atoms with Gasteiger partial charge in [0.25, 0.3) is 5.91 Å². The van der Waals surface area contributed by atoms with Crippen LogP contribution in [0.5, 0.6) is 0 Å². The number of carbonyl (C=O) groups excluding carboxylic acids is 1. The van der Waals surface area contributed by atoms with E-state index in [1.807, 2.05) is 18.2 Å². The molecule has 2 heterocycles. The predicted molar refractivity (Wildman–Crippen MR) is 99.5 cm³/mol. The average molecular weight is 369 g/mol. The Kier molecular flexibility index (Phi) is 4.54. The summed E-state index contributed by atoms with van der Waals surface area (Å²) in [5.74, 6) is -0.0465. The number of benzene rings is 1. The third kappa shape index (κ3) is 2.58. The third-order valence-electron chi connectivity index (χ3n) is 3.33. The van der Waals surface area contributed by atoms with Gasteiger partial charge in [0, 0.05) is 23.0 Å². The van der Waals surface area contributed by atoms with Crippen molar-refractivity contribution < 1.29 is 4.79 Å². The van der Waals surface area contributed by atoms with Crippen molar-refractivity contribution in [2.45, 2.75) is 11.8 Å². The second-order valence-corrected chi connectivity index (χ2v) is 7.78. The molecule has 0 N–H and O–H groups in total. The number of hydrogen-bond donors (Lipinski definition) is 0. The van der Waals surface area contributed by atoms with Crippen LogP contribution in [0.25, 0.3) is 0 Å². The molecule has 2 aliphatic heterocycles. The van der Waals surface area contributed by atoms with Crippen LogP contribution < -0.4 is 4.90 Å². The van der Waals surface area contributed by atoms with Crippen LogP contribution in [-0.4, -0.2) is 28.2 Å². The van der Waals surface area contributed by atoms with E-state index in [1.165, 1.54) is 11.8 Å². The molecule has 114 valence electrons. The summed E-state index contributed by atoms with van der Waals surface area (Å²) in [7, 11) is 0. The largest absolute Gasteiger partial charge is 0.334 e. The number of nitrogens with zero attached hydrogens (tertiary/aromatic N) is 2. The highest BCUT2D eigenvalue weighted by molar-refractivity contribution is 8.27. The zero-order valence-electron chi connectivity index (χ0n) is 11.8. The molecule has 0 atom stereocenters. The molecule has 22 heavy (non-hydrogen) atoms. The van der Waals surface area contributed by atoms with Gasteiger partial charge in [-0.1, -0.05) is 53.4 Å². The van der Waals surface area contributed by atoms with Gasteiger partial charge in [-0.05, 0) is 25.1 Å². The number of thioether (sulfide) groups is 2. The number of rotatable bonds is 3. The van der Waals surface area contributed by atoms with Crippen molar-refractivity contribution in [3.05, 3.63) is 45.8 Å². The van der Waals surface area contributed by atoms with Gasteiger partial charge in [-0.25, -0.2) is 0 Å². The van der Waals surface area contributed by atoms with E-state index in [2.05, 4.69) is 18.4 Å². The van der Waals surface area contributed by atoms with Crippen molar-refractivity contribution >= 4 is 63.3 Å². The number of amides is 1. The normalized spacial score (nSPS) is 20.8. The number of anilines is 1. The topological polar surface area (TPSA) is 23.6 Å². The first-order valence-electron chi connectivity index (χ1n) is 6.70. The summed E-state index contributed by atoms with van der Waals surface area (Å²) in [6.07, 6.45) is 1.69. The molecule has 3 nitrogen and oxygen atoms in total. The van der Waals surface area contributed by atoms with Gasteiger partial charge < -0.3 is 4.90 Å². The van der Waals surface area contributed by atoms with E-state index in [9.17, 15) is 4.79 Å². The Morgan fingerprint density at radius 2 is 2.14 bits per heavy atom. The first-order chi connectivity index (χ1) is 10.6. The molecule has 0 bridgehead atoms. The van der Waals surface area contributed by atoms with Gasteiger partial charge in [0.05, 0.1) is 5.69 Å². The van der Waals surface area contributed by atoms with Crippen LogP contribution in [0.1, 0.15) is 6.92 Å². The second-order valence-electron chi connectivity index (χ2n) is 4.67. The molecule has 7 heteroatoms. The standard InChI is InChI=1S/C15H13ClN2OS3/c1-3-7-18-13(19)12(22-15(18)20)14-17(4-2)10-8-9(16)5-6-11(10)21-14/h3,5-6,8H,1,4,7H2,2H3/b14-12-. The summed E-state index contributed by atoms with van der Waals surface area (Å²) in [5, 5.41) is 1.63. The van der Waals surface area contributed by atoms with Crippen molar-refractivity contribution in [3.8, 4) is 0 Å². The van der Waals surface area contributed by atoms with Crippen molar-refractivity contribution in [1.82, 2.24) is 4.90 Å². The molecule has 3 rings (SSSR count). The quantitative estimate of drug-likeness (QED) is 0.444. The summed E-state index contributed by atoms with van der Waals surface area (Å²) in [6, 6.07) is 5.79. The zero-order chi connectivity index (χ0) is 15.9. The predicted octanol–water partition coefficient (Wildman–Crippen LogP) is 4.49. The summed E-state index contributed by atoms with van der Waals surface area (Å²) < 4.78 is 0.582. The molecular formula is C15H13ClN2OS3. The van der Waals surface area contributed by atoms with Crippen molar-refractivity contribution in [1.29, 1.82) is 0 Å². The number of fused-ring (bicyclic) bond motifs is 1. The minimum atomic E-state index is -0.0465. The molecule has 1 fully saturated rings. The fourth-order valence-corrected chi connectivity index (χ4v) is 5.15. The maximum absolute atomic E-state index is 12.6. The van der Waals surface area contributed by atoms with Gasteiger partial charge in [-0.2, -0.15) is 0 Å². The number of carbonyl (C=O) groups is 1. The Morgan fingerprint density at radius 1 is 1.36 bits per heavy atom. The lowest BCUT2D eigenvalue weighted by Crippen LogP contribution is -2.29. The van der Waals surface area contributed by atoms with Gasteiger partial charge >= 0.3 is 0 Å². The van der Waals surface area contributed by atoms with E-state index in [0.717, 1.165) is 22.2 Å². The molecule has 0 spiro atoms. The van der Waals surface area contributed by atoms with Crippen LogP contribution in [0.2, 0.25) is 5.02 Å². The van der Waals surface area contributed by atoms with Crippen molar-refractivity contribution in [3.63, 3.8) is 0 Å². The van der Waals surface area contributed by atoms with Crippen molar-refractivity contribution in [2.24, 2.45) is 0 Å². The highest BCUT2D eigenvalue weighted by Crippen LogP contribution is 2.51. The molecule has 0 aliphatic carbocycles. The van der Waals surface area contributed by atoms with E-state index in [-0.39, 0.29) is 5.91 Å². The minimum Gasteiger partial charge on any atom is -0.334 e. The maximum atomic E-state index is 12.6. The Labute approximate surface area is 148 Å². The Hall–Kier alpha value is -0.950. The SMILES string of the molecule is C=CCN1C(=O)/C(=C2/Sc3ccc(Cl)cc3N2CC)SC1=S. The first kappa shape index (κ1) is 15.9. The van der Waals surface area contributed by atoms with Crippen LogP contribution >= 0.6 is 47.3 Å². The van der Waals surface area contributed by atoms with Gasteiger partial charge in [0.2, 0.25) is 0 Å². The smallest absolute Gasteiger partial charge is 0.269 e. The molecule has 1 amide bonds. The molecule has 1 aromatic carbocycles. The van der Waals surface area contributed by atoms with Crippen molar-refractivity contribution in [2.75, 3.05) is 18.0 Å². The highest BCUT2D eigenvalue weighted by atomic mass is 35.5. The van der Waals surface area contributed by atoms with E-state index in [0.29, 0.717) is 20.8 Å². The molecule has 1 aromatic rings. The molecular weight excluding hydrogens is 356 g/mol. The van der Waals surface area contributed by atoms with E-state index >= 15 is 0 Å². The van der Waals surface area contributed by atoms with Gasteiger partial charge in [-0.15, -0.1) is 6.58 Å². The van der Waals surface area contributed by atoms with Gasteiger partial charge in [0.15, 0.2) is 0 Å². The fraction of sp³-hybridized carbons (Fsp3) is 0.200. The van der Waals surface area contributed by atoms with Crippen LogP contribution in [0.3, 0.4) is 0 Å². The number of halogens is 1. The molecule has 2 aliphatic rings. The fourth-order valence-electron chi connectivity index (χ4n) is 2.35. The van der Waals surface area contributed by atoms with Crippen LogP contribution in [-0.2, 0) is 4.79 Å². The zero-order valence-corrected chi connectivity index (χ0v) is 15.0. The molecule has 0 saturated carbocycles. The van der Waals surface area contributed by atoms with Crippen LogP contribution in [0.4, 0.5) is 5.69 Å². The summed E-state index contributed by atoms with van der Waals surface area (Å²) in [4.78, 5) is 18.1. The molecule has 0 aromatic heterocycles. The minimum absolute atomic E-state index is 0.0465. The molecule has 1 saturated heterocycles. The second kappa shape index (κ2) is 6.28. The lowest BCUT2D eigenvalue weighted by atomic mass is 10.3. The van der Waals surface area contributed by atoms with E-state index in [4.69, 9.17) is 23.8 Å². The van der Waals surface area contributed by atoms with Crippen LogP contribution in [0.15, 0.2) is 45.7 Å². The van der Waals surface area contributed by atoms with Gasteiger partial charge in [-0.3, -0.25) is 9.69 Å². The van der Waals surface area contributed by atoms with Gasteiger partial charge in [0.1, 0.15) is 14.3 Å². The molecule has 0 radical (unpaired) electrons. The number of hydrogen-bond acceptors (Lipinski definition) is 5.